The van der Waals surface area contributed by atoms with Gasteiger partial charge in [-0.1, -0.05) is 23.8 Å². The number of nitrogens with zero attached hydrogens (tertiary/aromatic N) is 1. The second-order valence-corrected chi connectivity index (χ2v) is 4.69. The van der Waals surface area contributed by atoms with Gasteiger partial charge in [0.25, 0.3) is 0 Å². The van der Waals surface area contributed by atoms with Crippen molar-refractivity contribution in [2.45, 2.75) is 26.3 Å². The molecule has 0 heterocycles. The van der Waals surface area contributed by atoms with E-state index in [1.54, 1.807) is 18.2 Å². The van der Waals surface area contributed by atoms with Crippen molar-refractivity contribution in [3.63, 3.8) is 0 Å². The number of carboxylic acids is 1. The smallest absolute Gasteiger partial charge is 0.323 e. The Labute approximate surface area is 118 Å². The first-order valence-corrected chi connectivity index (χ1v) is 6.41. The normalized spacial score (nSPS) is 11.5. The SMILES string of the molecule is C=CCC(C)NC(=O)N(CC(=O)O)c1ccc(C)cc1. The fraction of sp³-hybridized carbons (Fsp3) is 0.333. The van der Waals surface area contributed by atoms with E-state index in [2.05, 4.69) is 11.9 Å². The van der Waals surface area contributed by atoms with Gasteiger partial charge in [0.2, 0.25) is 0 Å². The van der Waals surface area contributed by atoms with Gasteiger partial charge in [-0.05, 0) is 32.4 Å². The number of carboxylic acid groups (broad SMARTS) is 1. The molecule has 1 atom stereocenters. The summed E-state index contributed by atoms with van der Waals surface area (Å²) in [5.41, 5.74) is 1.60. The lowest BCUT2D eigenvalue weighted by Gasteiger charge is -2.23. The third-order valence-electron chi connectivity index (χ3n) is 2.77. The van der Waals surface area contributed by atoms with E-state index in [0.29, 0.717) is 12.1 Å². The first-order valence-electron chi connectivity index (χ1n) is 6.41. The van der Waals surface area contributed by atoms with E-state index in [1.165, 1.54) is 4.90 Å². The zero-order valence-electron chi connectivity index (χ0n) is 11.8. The third-order valence-corrected chi connectivity index (χ3v) is 2.77. The number of amides is 2. The molecule has 0 radical (unpaired) electrons. The molecule has 1 aromatic rings. The van der Waals surface area contributed by atoms with E-state index < -0.39 is 12.0 Å². The van der Waals surface area contributed by atoms with Crippen LogP contribution in [-0.2, 0) is 4.79 Å². The van der Waals surface area contributed by atoms with E-state index in [-0.39, 0.29) is 12.6 Å². The number of carbonyl (C=O) groups excluding carboxylic acids is 1. The molecule has 0 aliphatic heterocycles. The summed E-state index contributed by atoms with van der Waals surface area (Å²) in [4.78, 5) is 24.3. The predicted molar refractivity (Wildman–Crippen MR) is 79.0 cm³/mol. The highest BCUT2D eigenvalue weighted by atomic mass is 16.4. The molecule has 20 heavy (non-hydrogen) atoms. The molecule has 0 bridgehead atoms. The standard InChI is InChI=1S/C15H20N2O3/c1-4-5-12(3)16-15(20)17(10-14(18)19)13-8-6-11(2)7-9-13/h4,6-9,12H,1,5,10H2,2-3H3,(H,16,20)(H,18,19). The molecule has 2 amide bonds. The van der Waals surface area contributed by atoms with E-state index >= 15 is 0 Å². The zero-order valence-corrected chi connectivity index (χ0v) is 11.8. The fourth-order valence-electron chi connectivity index (χ4n) is 1.74. The van der Waals surface area contributed by atoms with Crippen LogP contribution in [0.15, 0.2) is 36.9 Å². The van der Waals surface area contributed by atoms with Crippen molar-refractivity contribution < 1.29 is 14.7 Å². The predicted octanol–water partition coefficient (Wildman–Crippen LogP) is 2.56. The Kier molecular flexibility index (Phi) is 5.77. The van der Waals surface area contributed by atoms with Gasteiger partial charge in [-0.3, -0.25) is 9.69 Å². The Bertz CT molecular complexity index is 482. The topological polar surface area (TPSA) is 69.6 Å². The van der Waals surface area contributed by atoms with E-state index in [4.69, 9.17) is 5.11 Å². The zero-order chi connectivity index (χ0) is 15.1. The summed E-state index contributed by atoms with van der Waals surface area (Å²) >= 11 is 0. The number of nitrogens with one attached hydrogen (secondary N) is 1. The van der Waals surface area contributed by atoms with Crippen molar-refractivity contribution in [3.05, 3.63) is 42.5 Å². The quantitative estimate of drug-likeness (QED) is 0.784. The van der Waals surface area contributed by atoms with Gasteiger partial charge in [0, 0.05) is 11.7 Å². The van der Waals surface area contributed by atoms with Crippen LogP contribution in [0.1, 0.15) is 18.9 Å². The van der Waals surface area contributed by atoms with Crippen LogP contribution in [0.25, 0.3) is 0 Å². The number of aliphatic carboxylic acids is 1. The minimum absolute atomic E-state index is 0.0956. The molecule has 0 saturated heterocycles. The van der Waals surface area contributed by atoms with Crippen LogP contribution < -0.4 is 10.2 Å². The summed E-state index contributed by atoms with van der Waals surface area (Å²) in [7, 11) is 0. The fourth-order valence-corrected chi connectivity index (χ4v) is 1.74. The van der Waals surface area contributed by atoms with Crippen molar-refractivity contribution in [3.8, 4) is 0 Å². The summed E-state index contributed by atoms with van der Waals surface area (Å²) in [5, 5.41) is 11.7. The number of aryl methyl sites for hydroxylation is 1. The van der Waals surface area contributed by atoms with Crippen molar-refractivity contribution in [2.75, 3.05) is 11.4 Å². The van der Waals surface area contributed by atoms with Crippen LogP contribution in [0.5, 0.6) is 0 Å². The summed E-state index contributed by atoms with van der Waals surface area (Å²) in [6.45, 7) is 7.00. The van der Waals surface area contributed by atoms with Gasteiger partial charge in [-0.2, -0.15) is 0 Å². The number of rotatable bonds is 6. The lowest BCUT2D eigenvalue weighted by Crippen LogP contribution is -2.46. The molecule has 1 aromatic carbocycles. The molecule has 2 N–H and O–H groups in total. The van der Waals surface area contributed by atoms with Gasteiger partial charge >= 0.3 is 12.0 Å². The monoisotopic (exact) mass is 276 g/mol. The molecule has 1 rings (SSSR count). The van der Waals surface area contributed by atoms with Gasteiger partial charge < -0.3 is 10.4 Å². The molecular weight excluding hydrogens is 256 g/mol. The first kappa shape index (κ1) is 15.8. The maximum Gasteiger partial charge on any atom is 0.323 e. The molecule has 0 aliphatic rings. The van der Waals surface area contributed by atoms with Crippen molar-refractivity contribution in [2.24, 2.45) is 0 Å². The highest BCUT2D eigenvalue weighted by molar-refractivity contribution is 5.96. The van der Waals surface area contributed by atoms with Crippen LogP contribution in [0, 0.1) is 6.92 Å². The second-order valence-electron chi connectivity index (χ2n) is 4.69. The third kappa shape index (κ3) is 4.76. The maximum absolute atomic E-state index is 12.2. The number of urea groups is 1. The number of hydrogen-bond donors (Lipinski definition) is 2. The average Bonchev–Trinajstić information content (AvgIpc) is 2.37. The highest BCUT2D eigenvalue weighted by Gasteiger charge is 2.19. The molecule has 5 nitrogen and oxygen atoms in total. The van der Waals surface area contributed by atoms with Crippen molar-refractivity contribution in [1.82, 2.24) is 5.32 Å². The van der Waals surface area contributed by atoms with E-state index in [0.717, 1.165) is 5.56 Å². The lowest BCUT2D eigenvalue weighted by atomic mass is 10.2. The summed E-state index contributed by atoms with van der Waals surface area (Å²) in [6, 6.07) is 6.62. The minimum atomic E-state index is -1.06. The molecular formula is C15H20N2O3. The Morgan fingerprint density at radius 3 is 2.50 bits per heavy atom. The Balaban J connectivity index is 2.88. The molecule has 0 aromatic heterocycles. The van der Waals surface area contributed by atoms with Crippen molar-refractivity contribution >= 4 is 17.7 Å². The number of carbonyl (C=O) groups is 2. The molecule has 0 saturated carbocycles. The second kappa shape index (κ2) is 7.33. The van der Waals surface area contributed by atoms with E-state index in [9.17, 15) is 9.59 Å². The minimum Gasteiger partial charge on any atom is -0.480 e. The number of hydrogen-bond acceptors (Lipinski definition) is 2. The molecule has 5 heteroatoms. The van der Waals surface area contributed by atoms with Crippen LogP contribution in [0.4, 0.5) is 10.5 Å². The molecule has 1 unspecified atom stereocenters. The van der Waals surface area contributed by atoms with Gasteiger partial charge in [0.15, 0.2) is 0 Å². The molecule has 0 fully saturated rings. The summed E-state index contributed by atoms with van der Waals surface area (Å²) in [6.07, 6.45) is 2.33. The van der Waals surface area contributed by atoms with Crippen LogP contribution >= 0.6 is 0 Å². The lowest BCUT2D eigenvalue weighted by molar-refractivity contribution is -0.135. The summed E-state index contributed by atoms with van der Waals surface area (Å²) in [5.74, 6) is -1.06. The highest BCUT2D eigenvalue weighted by Crippen LogP contribution is 2.15. The Morgan fingerprint density at radius 1 is 1.40 bits per heavy atom. The number of benzene rings is 1. The van der Waals surface area contributed by atoms with Gasteiger partial charge in [-0.15, -0.1) is 6.58 Å². The van der Waals surface area contributed by atoms with Gasteiger partial charge in [0.1, 0.15) is 6.54 Å². The van der Waals surface area contributed by atoms with Crippen molar-refractivity contribution in [1.29, 1.82) is 0 Å². The van der Waals surface area contributed by atoms with Crippen LogP contribution in [0.2, 0.25) is 0 Å². The Hall–Kier alpha value is -2.30. The average molecular weight is 276 g/mol. The molecule has 0 aliphatic carbocycles. The first-order chi connectivity index (χ1) is 9.43. The van der Waals surface area contributed by atoms with Crippen LogP contribution in [0.3, 0.4) is 0 Å². The van der Waals surface area contributed by atoms with Gasteiger partial charge in [-0.25, -0.2) is 4.79 Å². The number of anilines is 1. The van der Waals surface area contributed by atoms with E-state index in [1.807, 2.05) is 26.0 Å². The largest absolute Gasteiger partial charge is 0.480 e. The maximum atomic E-state index is 12.2. The summed E-state index contributed by atoms with van der Waals surface area (Å²) < 4.78 is 0. The molecule has 108 valence electrons. The Morgan fingerprint density at radius 2 is 2.00 bits per heavy atom. The van der Waals surface area contributed by atoms with Gasteiger partial charge in [0.05, 0.1) is 0 Å². The van der Waals surface area contributed by atoms with Crippen LogP contribution in [-0.4, -0.2) is 29.7 Å². The molecule has 0 spiro atoms.